The molecule has 0 aliphatic heterocycles. The first-order valence-electron chi connectivity index (χ1n) is 3.74. The number of nitrogens with zero attached hydrogens (tertiary/aromatic N) is 1. The number of pyridine rings is 1. The van der Waals surface area contributed by atoms with Crippen molar-refractivity contribution in [1.29, 1.82) is 0 Å². The Morgan fingerprint density at radius 3 is 2.83 bits per heavy atom. The van der Waals surface area contributed by atoms with Crippen molar-refractivity contribution in [2.45, 2.75) is 18.9 Å². The van der Waals surface area contributed by atoms with Gasteiger partial charge in [0.15, 0.2) is 5.75 Å². The molecule has 0 bridgehead atoms. The average molecular weight is 296 g/mol. The zero-order chi connectivity index (χ0) is 8.55. The van der Waals surface area contributed by atoms with Crippen molar-refractivity contribution in [3.8, 4) is 5.75 Å². The molecule has 64 valence electrons. The quantitative estimate of drug-likeness (QED) is 0.618. The fraction of sp³-hybridized carbons (Fsp3) is 0.375. The molecule has 1 aliphatic rings. The second-order valence-corrected chi connectivity index (χ2v) is 4.15. The molecule has 0 aromatic carbocycles. The zero-order valence-corrected chi connectivity index (χ0v) is 9.17. The molecule has 1 saturated carbocycles. The number of hydrogen-bond donors (Lipinski definition) is 0. The maximum atomic E-state index is 5.70. The molecule has 1 aliphatic carbocycles. The van der Waals surface area contributed by atoms with Crippen LogP contribution in [0.2, 0.25) is 5.15 Å². The van der Waals surface area contributed by atoms with Crippen molar-refractivity contribution in [1.82, 2.24) is 4.98 Å². The highest BCUT2D eigenvalue weighted by atomic mass is 127. The van der Waals surface area contributed by atoms with Crippen molar-refractivity contribution < 1.29 is 4.74 Å². The third-order valence-corrected chi connectivity index (χ3v) is 2.58. The van der Waals surface area contributed by atoms with Crippen LogP contribution < -0.4 is 4.74 Å². The van der Waals surface area contributed by atoms with Crippen molar-refractivity contribution in [3.05, 3.63) is 21.0 Å². The minimum atomic E-state index is 0.418. The van der Waals surface area contributed by atoms with Gasteiger partial charge in [0.2, 0.25) is 0 Å². The van der Waals surface area contributed by atoms with Crippen molar-refractivity contribution in [2.75, 3.05) is 0 Å². The summed E-state index contributed by atoms with van der Waals surface area (Å²) in [6.07, 6.45) is 2.75. The monoisotopic (exact) mass is 295 g/mol. The Morgan fingerprint density at radius 2 is 2.25 bits per heavy atom. The minimum Gasteiger partial charge on any atom is -0.488 e. The van der Waals surface area contributed by atoms with Crippen molar-refractivity contribution >= 4 is 34.2 Å². The predicted molar refractivity (Wildman–Crippen MR) is 55.6 cm³/mol. The van der Waals surface area contributed by atoms with Crippen LogP contribution in [0, 0.1) is 3.70 Å². The number of hydrogen-bond acceptors (Lipinski definition) is 2. The van der Waals surface area contributed by atoms with Gasteiger partial charge in [-0.15, -0.1) is 0 Å². The average Bonchev–Trinajstić information content (AvgIpc) is 2.79. The van der Waals surface area contributed by atoms with Gasteiger partial charge in [0.25, 0.3) is 0 Å². The van der Waals surface area contributed by atoms with E-state index in [0.29, 0.717) is 11.3 Å². The standard InChI is InChI=1S/C8H7ClINO/c9-7-4-3-6(8(10)11-7)12-5-1-2-5/h3-5H,1-2H2. The van der Waals surface area contributed by atoms with Crippen LogP contribution >= 0.6 is 34.2 Å². The molecule has 1 aromatic heterocycles. The molecule has 0 spiro atoms. The fourth-order valence-electron chi connectivity index (χ4n) is 0.853. The van der Waals surface area contributed by atoms with E-state index in [-0.39, 0.29) is 0 Å². The normalized spacial score (nSPS) is 16.2. The van der Waals surface area contributed by atoms with Crippen LogP contribution in [-0.2, 0) is 0 Å². The lowest BCUT2D eigenvalue weighted by molar-refractivity contribution is 0.299. The van der Waals surface area contributed by atoms with Gasteiger partial charge in [-0.2, -0.15) is 0 Å². The van der Waals surface area contributed by atoms with Crippen LogP contribution in [0.15, 0.2) is 12.1 Å². The Kier molecular flexibility index (Phi) is 2.41. The molecule has 2 nitrogen and oxygen atoms in total. The van der Waals surface area contributed by atoms with E-state index in [1.807, 2.05) is 6.07 Å². The minimum absolute atomic E-state index is 0.418. The highest BCUT2D eigenvalue weighted by Crippen LogP contribution is 2.29. The number of aromatic nitrogens is 1. The Bertz CT molecular complexity index is 301. The number of ether oxygens (including phenoxy) is 1. The summed E-state index contributed by atoms with van der Waals surface area (Å²) in [6.45, 7) is 0. The first-order valence-corrected chi connectivity index (χ1v) is 5.20. The summed E-state index contributed by atoms with van der Waals surface area (Å²) in [7, 11) is 0. The van der Waals surface area contributed by atoms with Crippen LogP contribution in [0.1, 0.15) is 12.8 Å². The molecule has 1 fully saturated rings. The van der Waals surface area contributed by atoms with Crippen LogP contribution in [0.25, 0.3) is 0 Å². The third kappa shape index (κ3) is 2.01. The molecule has 1 aromatic rings. The Morgan fingerprint density at radius 1 is 1.50 bits per heavy atom. The summed E-state index contributed by atoms with van der Waals surface area (Å²) >= 11 is 7.82. The highest BCUT2D eigenvalue weighted by molar-refractivity contribution is 14.1. The Balaban J connectivity index is 2.18. The van der Waals surface area contributed by atoms with E-state index in [2.05, 4.69) is 27.6 Å². The molecule has 1 heterocycles. The third-order valence-electron chi connectivity index (χ3n) is 1.60. The van der Waals surface area contributed by atoms with Crippen LogP contribution in [-0.4, -0.2) is 11.1 Å². The van der Waals surface area contributed by atoms with Gasteiger partial charge in [-0.05, 0) is 47.6 Å². The van der Waals surface area contributed by atoms with Gasteiger partial charge in [-0.3, -0.25) is 0 Å². The maximum absolute atomic E-state index is 5.70. The number of rotatable bonds is 2. The summed E-state index contributed by atoms with van der Waals surface area (Å²) in [5.74, 6) is 0.850. The first kappa shape index (κ1) is 8.56. The van der Waals surface area contributed by atoms with Crippen molar-refractivity contribution in [2.24, 2.45) is 0 Å². The van der Waals surface area contributed by atoms with E-state index >= 15 is 0 Å². The summed E-state index contributed by atoms with van der Waals surface area (Å²) in [6, 6.07) is 3.62. The van der Waals surface area contributed by atoms with Gasteiger partial charge in [0.05, 0.1) is 6.10 Å². The molecule has 0 atom stereocenters. The highest BCUT2D eigenvalue weighted by Gasteiger charge is 2.24. The smallest absolute Gasteiger partial charge is 0.151 e. The van der Waals surface area contributed by atoms with Crippen molar-refractivity contribution in [3.63, 3.8) is 0 Å². The van der Waals surface area contributed by atoms with E-state index in [1.54, 1.807) is 6.07 Å². The van der Waals surface area contributed by atoms with E-state index in [9.17, 15) is 0 Å². The van der Waals surface area contributed by atoms with E-state index < -0.39 is 0 Å². The van der Waals surface area contributed by atoms with E-state index in [4.69, 9.17) is 16.3 Å². The van der Waals surface area contributed by atoms with Gasteiger partial charge in [-0.1, -0.05) is 11.6 Å². The van der Waals surface area contributed by atoms with E-state index in [0.717, 1.165) is 9.45 Å². The van der Waals surface area contributed by atoms with Crippen LogP contribution in [0.5, 0.6) is 5.75 Å². The lowest BCUT2D eigenvalue weighted by Crippen LogP contribution is -1.98. The predicted octanol–water partition coefficient (Wildman–Crippen LogP) is 2.88. The second kappa shape index (κ2) is 3.38. The summed E-state index contributed by atoms with van der Waals surface area (Å²) in [4.78, 5) is 4.08. The van der Waals surface area contributed by atoms with Crippen LogP contribution in [0.4, 0.5) is 0 Å². The molecule has 4 heteroatoms. The van der Waals surface area contributed by atoms with Gasteiger partial charge >= 0.3 is 0 Å². The lowest BCUT2D eigenvalue weighted by Gasteiger charge is -2.05. The molecule has 0 radical (unpaired) electrons. The SMILES string of the molecule is Clc1ccc(OC2CC2)c(I)n1. The van der Waals surface area contributed by atoms with E-state index in [1.165, 1.54) is 12.8 Å². The molecule has 2 rings (SSSR count). The largest absolute Gasteiger partial charge is 0.488 e. The molecular formula is C8H7ClINO. The zero-order valence-electron chi connectivity index (χ0n) is 6.26. The molecule has 0 unspecified atom stereocenters. The Hall–Kier alpha value is -0.0300. The molecular weight excluding hydrogens is 288 g/mol. The summed E-state index contributed by atoms with van der Waals surface area (Å²) in [5.41, 5.74) is 0. The second-order valence-electron chi connectivity index (χ2n) is 2.74. The van der Waals surface area contributed by atoms with Gasteiger partial charge in [-0.25, -0.2) is 4.98 Å². The lowest BCUT2D eigenvalue weighted by atomic mass is 10.5. The van der Waals surface area contributed by atoms with Gasteiger partial charge < -0.3 is 4.74 Å². The molecule has 0 N–H and O–H groups in total. The van der Waals surface area contributed by atoms with Gasteiger partial charge in [0.1, 0.15) is 8.85 Å². The molecule has 0 saturated heterocycles. The maximum Gasteiger partial charge on any atom is 0.151 e. The summed E-state index contributed by atoms with van der Waals surface area (Å²) in [5, 5.41) is 0.516. The van der Waals surface area contributed by atoms with Crippen LogP contribution in [0.3, 0.4) is 0 Å². The van der Waals surface area contributed by atoms with Gasteiger partial charge in [0, 0.05) is 0 Å². The summed E-state index contributed by atoms with van der Waals surface area (Å²) < 4.78 is 6.42. The topological polar surface area (TPSA) is 22.1 Å². The number of halogens is 2. The first-order chi connectivity index (χ1) is 5.75. The fourth-order valence-corrected chi connectivity index (χ4v) is 1.71. The Labute approximate surface area is 89.4 Å². The molecule has 12 heavy (non-hydrogen) atoms. The molecule has 0 amide bonds.